The minimum absolute atomic E-state index is 0.0230. The van der Waals surface area contributed by atoms with Crippen molar-refractivity contribution < 1.29 is 23.4 Å². The van der Waals surface area contributed by atoms with Crippen LogP contribution in [0.3, 0.4) is 0 Å². The first-order chi connectivity index (χ1) is 12.8. The largest absolute Gasteiger partial charge is 0.390 e. The van der Waals surface area contributed by atoms with Gasteiger partial charge in [-0.15, -0.1) is 0 Å². The van der Waals surface area contributed by atoms with E-state index in [0.29, 0.717) is 29.2 Å². The summed E-state index contributed by atoms with van der Waals surface area (Å²) in [4.78, 5) is 12.9. The molecule has 1 aliphatic heterocycles. The van der Waals surface area contributed by atoms with Crippen LogP contribution in [-0.4, -0.2) is 40.2 Å². The number of ketones is 1. The standard InChI is InChI=1S/C20H22ClF2NO3/c21-15-2-1-3-16-18(15)14(10-24(16)13-11-27-12-13)17(25)4-5-19(26)6-8-20(22,23)9-7-19/h1-3,10,13,26H,4-9,11-12H2. The number of ether oxygens (including phenoxy) is 1. The molecule has 2 heterocycles. The number of nitrogens with zero attached hydrogens (tertiary/aromatic N) is 1. The summed E-state index contributed by atoms with van der Waals surface area (Å²) in [5.74, 6) is -2.83. The minimum Gasteiger partial charge on any atom is -0.390 e. The van der Waals surface area contributed by atoms with Gasteiger partial charge in [0, 0.05) is 36.4 Å². The van der Waals surface area contributed by atoms with Crippen LogP contribution in [0.2, 0.25) is 5.02 Å². The van der Waals surface area contributed by atoms with Crippen molar-refractivity contribution in [2.75, 3.05) is 13.2 Å². The van der Waals surface area contributed by atoms with Gasteiger partial charge in [-0.3, -0.25) is 4.79 Å². The maximum absolute atomic E-state index is 13.3. The molecule has 2 aliphatic rings. The first-order valence-electron chi connectivity index (χ1n) is 9.28. The first-order valence-corrected chi connectivity index (χ1v) is 9.66. The average Bonchev–Trinajstić information content (AvgIpc) is 2.96. The molecule has 4 rings (SSSR count). The molecule has 27 heavy (non-hydrogen) atoms. The molecule has 1 saturated carbocycles. The molecule has 4 nitrogen and oxygen atoms in total. The highest BCUT2D eigenvalue weighted by Crippen LogP contribution is 2.41. The lowest BCUT2D eigenvalue weighted by atomic mass is 9.79. The van der Waals surface area contributed by atoms with E-state index in [4.69, 9.17) is 16.3 Å². The van der Waals surface area contributed by atoms with Gasteiger partial charge in [0.15, 0.2) is 5.78 Å². The Morgan fingerprint density at radius 3 is 2.59 bits per heavy atom. The summed E-state index contributed by atoms with van der Waals surface area (Å²) >= 11 is 6.36. The van der Waals surface area contributed by atoms with Gasteiger partial charge in [-0.2, -0.15) is 0 Å². The fraction of sp³-hybridized carbons (Fsp3) is 0.550. The van der Waals surface area contributed by atoms with Crippen molar-refractivity contribution in [3.8, 4) is 0 Å². The topological polar surface area (TPSA) is 51.5 Å². The van der Waals surface area contributed by atoms with Crippen molar-refractivity contribution in [2.24, 2.45) is 0 Å². The lowest BCUT2D eigenvalue weighted by Gasteiger charge is -2.35. The Labute approximate surface area is 161 Å². The number of hydrogen-bond acceptors (Lipinski definition) is 3. The van der Waals surface area contributed by atoms with Gasteiger partial charge in [0.25, 0.3) is 0 Å². The number of halogens is 3. The predicted molar refractivity (Wildman–Crippen MR) is 98.7 cm³/mol. The van der Waals surface area contributed by atoms with Crippen molar-refractivity contribution in [1.29, 1.82) is 0 Å². The highest BCUT2D eigenvalue weighted by atomic mass is 35.5. The molecular weight excluding hydrogens is 376 g/mol. The molecule has 1 saturated heterocycles. The summed E-state index contributed by atoms with van der Waals surface area (Å²) < 4.78 is 34.0. The number of carbonyl (C=O) groups is 1. The van der Waals surface area contributed by atoms with E-state index in [1.54, 1.807) is 6.07 Å². The van der Waals surface area contributed by atoms with Crippen LogP contribution in [-0.2, 0) is 4.74 Å². The van der Waals surface area contributed by atoms with E-state index >= 15 is 0 Å². The highest BCUT2D eigenvalue weighted by Gasteiger charge is 2.42. The van der Waals surface area contributed by atoms with Crippen LogP contribution in [0.4, 0.5) is 8.78 Å². The molecular formula is C20H22ClF2NO3. The molecule has 0 unspecified atom stereocenters. The molecule has 1 aliphatic carbocycles. The third kappa shape index (κ3) is 3.62. The lowest BCUT2D eigenvalue weighted by molar-refractivity contribution is -0.105. The number of aromatic nitrogens is 1. The van der Waals surface area contributed by atoms with E-state index in [1.165, 1.54) is 0 Å². The van der Waals surface area contributed by atoms with Crippen LogP contribution in [0.1, 0.15) is 54.9 Å². The fourth-order valence-electron chi connectivity index (χ4n) is 3.98. The zero-order chi connectivity index (χ0) is 19.2. The zero-order valence-corrected chi connectivity index (χ0v) is 15.6. The Balaban J connectivity index is 1.54. The summed E-state index contributed by atoms with van der Waals surface area (Å²) in [7, 11) is 0. The second-order valence-electron chi connectivity index (χ2n) is 7.78. The van der Waals surface area contributed by atoms with Crippen molar-refractivity contribution in [3.05, 3.63) is 35.0 Å². The van der Waals surface area contributed by atoms with Crippen molar-refractivity contribution >= 4 is 28.3 Å². The van der Waals surface area contributed by atoms with Crippen LogP contribution >= 0.6 is 11.6 Å². The molecule has 0 amide bonds. The quantitative estimate of drug-likeness (QED) is 0.739. The van der Waals surface area contributed by atoms with Crippen LogP contribution in [0, 0.1) is 0 Å². The first kappa shape index (κ1) is 18.8. The van der Waals surface area contributed by atoms with Crippen molar-refractivity contribution in [1.82, 2.24) is 4.57 Å². The molecule has 0 bridgehead atoms. The van der Waals surface area contributed by atoms with E-state index in [9.17, 15) is 18.7 Å². The zero-order valence-electron chi connectivity index (χ0n) is 14.9. The number of Topliss-reactive ketones (excluding diaryl/α,β-unsaturated/α-hetero) is 1. The summed E-state index contributed by atoms with van der Waals surface area (Å²) in [6.45, 7) is 1.19. The van der Waals surface area contributed by atoms with Gasteiger partial charge in [0.2, 0.25) is 5.92 Å². The minimum atomic E-state index is -2.71. The number of alkyl halides is 2. The fourth-order valence-corrected chi connectivity index (χ4v) is 4.25. The maximum Gasteiger partial charge on any atom is 0.248 e. The summed E-state index contributed by atoms with van der Waals surface area (Å²) in [5.41, 5.74) is 0.212. The predicted octanol–water partition coefficient (Wildman–Crippen LogP) is 4.77. The second kappa shape index (κ2) is 6.83. The molecule has 2 aromatic rings. The maximum atomic E-state index is 13.3. The molecule has 7 heteroatoms. The van der Waals surface area contributed by atoms with Crippen LogP contribution < -0.4 is 0 Å². The summed E-state index contributed by atoms with van der Waals surface area (Å²) in [6, 6.07) is 5.70. The molecule has 146 valence electrons. The van der Waals surface area contributed by atoms with E-state index < -0.39 is 11.5 Å². The van der Waals surface area contributed by atoms with E-state index in [-0.39, 0.29) is 50.4 Å². The lowest BCUT2D eigenvalue weighted by Crippen LogP contribution is -2.38. The third-order valence-corrected chi connectivity index (χ3v) is 6.17. The number of aliphatic hydroxyl groups is 1. The number of hydrogen-bond donors (Lipinski definition) is 1. The van der Waals surface area contributed by atoms with E-state index in [1.807, 2.05) is 22.9 Å². The van der Waals surface area contributed by atoms with Gasteiger partial charge in [-0.1, -0.05) is 17.7 Å². The normalized spacial score (nSPS) is 21.9. The molecule has 1 aromatic heterocycles. The monoisotopic (exact) mass is 397 g/mol. The van der Waals surface area contributed by atoms with Gasteiger partial charge in [-0.05, 0) is 31.4 Å². The third-order valence-electron chi connectivity index (χ3n) is 5.85. The molecule has 0 spiro atoms. The highest BCUT2D eigenvalue weighted by molar-refractivity contribution is 6.37. The SMILES string of the molecule is O=C(CCC1(O)CCC(F)(F)CC1)c1cn(C2COC2)c2cccc(Cl)c12. The van der Waals surface area contributed by atoms with E-state index in [2.05, 4.69) is 0 Å². The van der Waals surface area contributed by atoms with Gasteiger partial charge in [0.1, 0.15) is 0 Å². The number of carbonyl (C=O) groups excluding carboxylic acids is 1. The molecule has 1 aromatic carbocycles. The Hall–Kier alpha value is -1.50. The molecule has 2 fully saturated rings. The Morgan fingerprint density at radius 2 is 1.96 bits per heavy atom. The molecule has 0 radical (unpaired) electrons. The van der Waals surface area contributed by atoms with Crippen LogP contribution in [0.25, 0.3) is 10.9 Å². The Kier molecular flexibility index (Phi) is 4.77. The van der Waals surface area contributed by atoms with E-state index in [0.717, 1.165) is 5.52 Å². The molecule has 0 atom stereocenters. The van der Waals surface area contributed by atoms with Crippen molar-refractivity contribution in [2.45, 2.75) is 56.1 Å². The van der Waals surface area contributed by atoms with Crippen LogP contribution in [0.5, 0.6) is 0 Å². The van der Waals surface area contributed by atoms with Crippen LogP contribution in [0.15, 0.2) is 24.4 Å². The van der Waals surface area contributed by atoms with Crippen molar-refractivity contribution in [3.63, 3.8) is 0 Å². The average molecular weight is 398 g/mol. The number of rotatable bonds is 5. The Morgan fingerprint density at radius 1 is 1.26 bits per heavy atom. The van der Waals surface area contributed by atoms with Gasteiger partial charge in [-0.25, -0.2) is 8.78 Å². The number of benzene rings is 1. The van der Waals surface area contributed by atoms with Gasteiger partial charge >= 0.3 is 0 Å². The summed E-state index contributed by atoms with van der Waals surface area (Å²) in [5, 5.41) is 11.8. The Bertz CT molecular complexity index is 865. The van der Waals surface area contributed by atoms with Gasteiger partial charge < -0.3 is 14.4 Å². The smallest absolute Gasteiger partial charge is 0.248 e. The number of fused-ring (bicyclic) bond motifs is 1. The second-order valence-corrected chi connectivity index (χ2v) is 8.19. The molecule has 1 N–H and O–H groups in total. The summed E-state index contributed by atoms with van der Waals surface area (Å²) in [6.07, 6.45) is 1.49. The van der Waals surface area contributed by atoms with Gasteiger partial charge in [0.05, 0.1) is 35.4 Å².